The van der Waals surface area contributed by atoms with Crippen LogP contribution in [0.5, 0.6) is 0 Å². The van der Waals surface area contributed by atoms with Crippen LogP contribution in [0, 0.1) is 13.8 Å². The Labute approximate surface area is 120 Å². The molecule has 4 nitrogen and oxygen atoms in total. The van der Waals surface area contributed by atoms with E-state index >= 15 is 0 Å². The van der Waals surface area contributed by atoms with Crippen molar-refractivity contribution in [2.75, 3.05) is 0 Å². The average molecular weight is 320 g/mol. The van der Waals surface area contributed by atoms with E-state index in [9.17, 15) is 4.79 Å². The van der Waals surface area contributed by atoms with E-state index in [0.29, 0.717) is 17.8 Å². The summed E-state index contributed by atoms with van der Waals surface area (Å²) < 4.78 is 0.997. The van der Waals surface area contributed by atoms with Crippen LogP contribution in [-0.4, -0.2) is 16.1 Å². The zero-order chi connectivity index (χ0) is 13.8. The number of hydrogen-bond donors (Lipinski definition) is 1. The van der Waals surface area contributed by atoms with Gasteiger partial charge in [-0.2, -0.15) is 10.2 Å². The van der Waals surface area contributed by atoms with E-state index in [1.807, 2.05) is 31.2 Å². The van der Waals surface area contributed by atoms with Crippen LogP contribution in [0.25, 0.3) is 0 Å². The van der Waals surface area contributed by atoms with Gasteiger partial charge in [0.15, 0.2) is 0 Å². The zero-order valence-electron chi connectivity index (χ0n) is 10.8. The van der Waals surface area contributed by atoms with Crippen molar-refractivity contribution >= 4 is 21.8 Å². The molecule has 0 spiro atoms. The van der Waals surface area contributed by atoms with Gasteiger partial charge in [0.05, 0.1) is 17.0 Å². The maximum atomic E-state index is 12.1. The lowest BCUT2D eigenvalue weighted by molar-refractivity contribution is 0.0949. The molecular formula is C14H14BrN3O. The number of benzene rings is 1. The Morgan fingerprint density at radius 2 is 2.05 bits per heavy atom. The van der Waals surface area contributed by atoms with Crippen LogP contribution in [0.4, 0.5) is 0 Å². The molecule has 1 aromatic carbocycles. The van der Waals surface area contributed by atoms with Gasteiger partial charge in [-0.25, -0.2) is 0 Å². The van der Waals surface area contributed by atoms with Crippen LogP contribution in [0.3, 0.4) is 0 Å². The standard InChI is InChI=1S/C14H14BrN3O/c1-9-6-13(10(2)18-17-9)14(19)16-8-11-4-3-5-12(15)7-11/h3-7H,8H2,1-2H3,(H,16,19). The molecule has 0 saturated carbocycles. The fraction of sp³-hybridized carbons (Fsp3) is 0.214. The molecule has 1 amide bonds. The Morgan fingerprint density at radius 3 is 2.79 bits per heavy atom. The summed E-state index contributed by atoms with van der Waals surface area (Å²) in [7, 11) is 0. The third-order valence-corrected chi connectivity index (χ3v) is 3.18. The van der Waals surface area contributed by atoms with E-state index in [4.69, 9.17) is 0 Å². The molecule has 0 radical (unpaired) electrons. The molecule has 0 atom stereocenters. The predicted octanol–water partition coefficient (Wildman–Crippen LogP) is 2.79. The number of carbonyl (C=O) groups excluding carboxylic acids is 1. The van der Waals surface area contributed by atoms with E-state index in [0.717, 1.165) is 15.7 Å². The highest BCUT2D eigenvalue weighted by molar-refractivity contribution is 9.10. The van der Waals surface area contributed by atoms with Crippen LogP contribution < -0.4 is 5.32 Å². The largest absolute Gasteiger partial charge is 0.348 e. The van der Waals surface area contributed by atoms with Crippen molar-refractivity contribution in [2.24, 2.45) is 0 Å². The quantitative estimate of drug-likeness (QED) is 0.946. The minimum atomic E-state index is -0.129. The molecule has 5 heteroatoms. The molecule has 0 aliphatic carbocycles. The maximum absolute atomic E-state index is 12.1. The first-order valence-corrected chi connectivity index (χ1v) is 6.69. The van der Waals surface area contributed by atoms with Gasteiger partial charge in [0.25, 0.3) is 5.91 Å². The van der Waals surface area contributed by atoms with Gasteiger partial charge in [0, 0.05) is 11.0 Å². The van der Waals surface area contributed by atoms with Gasteiger partial charge in [0.1, 0.15) is 0 Å². The third kappa shape index (κ3) is 3.61. The number of carbonyl (C=O) groups is 1. The first kappa shape index (κ1) is 13.7. The molecule has 19 heavy (non-hydrogen) atoms. The van der Waals surface area contributed by atoms with Crippen LogP contribution >= 0.6 is 15.9 Å². The molecule has 1 heterocycles. The fourth-order valence-corrected chi connectivity index (χ4v) is 2.15. The van der Waals surface area contributed by atoms with Crippen molar-refractivity contribution in [3.63, 3.8) is 0 Å². The molecule has 1 N–H and O–H groups in total. The molecule has 0 aliphatic rings. The number of aromatic nitrogens is 2. The predicted molar refractivity (Wildman–Crippen MR) is 76.8 cm³/mol. The molecule has 2 aromatic rings. The van der Waals surface area contributed by atoms with Gasteiger partial charge in [-0.05, 0) is 37.6 Å². The smallest absolute Gasteiger partial charge is 0.253 e. The summed E-state index contributed by atoms with van der Waals surface area (Å²) >= 11 is 3.40. The molecule has 0 saturated heterocycles. The summed E-state index contributed by atoms with van der Waals surface area (Å²) in [5.41, 5.74) is 2.98. The van der Waals surface area contributed by atoms with E-state index in [-0.39, 0.29) is 5.91 Å². The van der Waals surface area contributed by atoms with Crippen molar-refractivity contribution in [3.8, 4) is 0 Å². The normalized spacial score (nSPS) is 10.3. The Bertz CT molecular complexity index is 613. The summed E-state index contributed by atoms with van der Waals surface area (Å²) in [5, 5.41) is 10.7. The molecule has 0 unspecified atom stereocenters. The number of rotatable bonds is 3. The average Bonchev–Trinajstić information content (AvgIpc) is 2.39. The van der Waals surface area contributed by atoms with Gasteiger partial charge in [-0.1, -0.05) is 28.1 Å². The lowest BCUT2D eigenvalue weighted by Gasteiger charge is -2.07. The number of halogens is 1. The minimum Gasteiger partial charge on any atom is -0.348 e. The van der Waals surface area contributed by atoms with Crippen LogP contribution in [0.2, 0.25) is 0 Å². The van der Waals surface area contributed by atoms with E-state index < -0.39 is 0 Å². The zero-order valence-corrected chi connectivity index (χ0v) is 12.4. The number of amides is 1. The SMILES string of the molecule is Cc1cc(C(=O)NCc2cccc(Br)c2)c(C)nn1. The summed E-state index contributed by atoms with van der Waals surface area (Å²) in [5.74, 6) is -0.129. The third-order valence-electron chi connectivity index (χ3n) is 2.69. The van der Waals surface area contributed by atoms with Crippen LogP contribution in [-0.2, 0) is 6.54 Å². The van der Waals surface area contributed by atoms with Crippen molar-refractivity contribution < 1.29 is 4.79 Å². The van der Waals surface area contributed by atoms with Crippen LogP contribution in [0.15, 0.2) is 34.8 Å². The van der Waals surface area contributed by atoms with Crippen molar-refractivity contribution in [2.45, 2.75) is 20.4 Å². The first-order valence-electron chi connectivity index (χ1n) is 5.90. The second-order valence-corrected chi connectivity index (χ2v) is 5.21. The van der Waals surface area contributed by atoms with E-state index in [1.165, 1.54) is 0 Å². The summed E-state index contributed by atoms with van der Waals surface area (Å²) in [6, 6.07) is 9.58. The summed E-state index contributed by atoms with van der Waals surface area (Å²) in [4.78, 5) is 12.1. The topological polar surface area (TPSA) is 54.9 Å². The van der Waals surface area contributed by atoms with Gasteiger partial charge in [-0.15, -0.1) is 0 Å². The minimum absolute atomic E-state index is 0.129. The number of aryl methyl sites for hydroxylation is 2. The van der Waals surface area contributed by atoms with Gasteiger partial charge in [-0.3, -0.25) is 4.79 Å². The highest BCUT2D eigenvalue weighted by atomic mass is 79.9. The lowest BCUT2D eigenvalue weighted by Crippen LogP contribution is -2.24. The second-order valence-electron chi connectivity index (χ2n) is 4.30. The van der Waals surface area contributed by atoms with E-state index in [2.05, 4.69) is 31.4 Å². The Morgan fingerprint density at radius 1 is 1.26 bits per heavy atom. The molecule has 98 valence electrons. The molecule has 0 aliphatic heterocycles. The van der Waals surface area contributed by atoms with Gasteiger partial charge >= 0.3 is 0 Å². The molecule has 0 bridgehead atoms. The highest BCUT2D eigenvalue weighted by Crippen LogP contribution is 2.12. The number of hydrogen-bond acceptors (Lipinski definition) is 3. The number of nitrogens with one attached hydrogen (secondary N) is 1. The summed E-state index contributed by atoms with van der Waals surface area (Å²) in [6.45, 7) is 4.08. The fourth-order valence-electron chi connectivity index (χ4n) is 1.70. The van der Waals surface area contributed by atoms with Crippen molar-refractivity contribution in [3.05, 3.63) is 57.3 Å². The molecule has 0 fully saturated rings. The molecular weight excluding hydrogens is 306 g/mol. The molecule has 1 aromatic heterocycles. The van der Waals surface area contributed by atoms with Crippen LogP contribution in [0.1, 0.15) is 27.3 Å². The molecule has 2 rings (SSSR count). The van der Waals surface area contributed by atoms with Crippen molar-refractivity contribution in [1.29, 1.82) is 0 Å². The van der Waals surface area contributed by atoms with Gasteiger partial charge in [0.2, 0.25) is 0 Å². The highest BCUT2D eigenvalue weighted by Gasteiger charge is 2.10. The monoisotopic (exact) mass is 319 g/mol. The summed E-state index contributed by atoms with van der Waals surface area (Å²) in [6.07, 6.45) is 0. The Balaban J connectivity index is 2.07. The first-order chi connectivity index (χ1) is 9.06. The number of nitrogens with zero attached hydrogens (tertiary/aromatic N) is 2. The van der Waals surface area contributed by atoms with Crippen molar-refractivity contribution in [1.82, 2.24) is 15.5 Å². The second kappa shape index (κ2) is 5.93. The van der Waals surface area contributed by atoms with E-state index in [1.54, 1.807) is 13.0 Å². The Kier molecular flexibility index (Phi) is 4.27. The maximum Gasteiger partial charge on any atom is 0.253 e. The lowest BCUT2D eigenvalue weighted by atomic mass is 10.1. The Hall–Kier alpha value is -1.75. The van der Waals surface area contributed by atoms with Gasteiger partial charge < -0.3 is 5.32 Å².